The lowest BCUT2D eigenvalue weighted by Gasteiger charge is -2.39. The first-order chi connectivity index (χ1) is 15.9. The van der Waals surface area contributed by atoms with Crippen LogP contribution in [0.2, 0.25) is 0 Å². The molecule has 1 aromatic heterocycles. The first-order valence-corrected chi connectivity index (χ1v) is 11.9. The van der Waals surface area contributed by atoms with E-state index in [1.54, 1.807) is 12.1 Å². The lowest BCUT2D eigenvalue weighted by atomic mass is 9.99. The Morgan fingerprint density at radius 3 is 2.52 bits per heavy atom. The summed E-state index contributed by atoms with van der Waals surface area (Å²) in [6, 6.07) is 10.9. The molecular weight excluding hydrogens is 424 g/mol. The summed E-state index contributed by atoms with van der Waals surface area (Å²) in [6.07, 6.45) is 4.22. The van der Waals surface area contributed by atoms with E-state index in [1.807, 2.05) is 27.8 Å². The molecule has 2 saturated heterocycles. The summed E-state index contributed by atoms with van der Waals surface area (Å²) < 4.78 is 30.1. The first kappa shape index (κ1) is 21.9. The van der Waals surface area contributed by atoms with E-state index in [4.69, 9.17) is 10.4 Å². The van der Waals surface area contributed by atoms with E-state index in [9.17, 15) is 13.6 Å². The Balaban J connectivity index is 1.43. The molecular formula is C25H29F2N5O. The van der Waals surface area contributed by atoms with E-state index < -0.39 is 5.92 Å². The van der Waals surface area contributed by atoms with Gasteiger partial charge in [0.05, 0.1) is 17.7 Å². The number of halogens is 2. The number of carbonyl (C=O) groups is 1. The monoisotopic (exact) mass is 453 g/mol. The Morgan fingerprint density at radius 2 is 1.88 bits per heavy atom. The Morgan fingerprint density at radius 1 is 1.18 bits per heavy atom. The predicted octanol–water partition coefficient (Wildman–Crippen LogP) is 4.91. The first-order valence-electron chi connectivity index (χ1n) is 11.9. The van der Waals surface area contributed by atoms with E-state index in [1.165, 1.54) is 0 Å². The minimum atomic E-state index is -2.61. The highest BCUT2D eigenvalue weighted by molar-refractivity contribution is 5.94. The number of fused-ring (bicyclic) bond motifs is 3. The molecule has 0 radical (unpaired) electrons. The number of aromatic nitrogens is 2. The van der Waals surface area contributed by atoms with Crippen molar-refractivity contribution >= 4 is 11.7 Å². The van der Waals surface area contributed by atoms with Crippen LogP contribution in [0, 0.1) is 11.3 Å². The normalized spacial score (nSPS) is 25.8. The third kappa shape index (κ3) is 4.09. The molecule has 0 spiro atoms. The Bertz CT molecular complexity index is 1060. The van der Waals surface area contributed by atoms with Crippen LogP contribution in [0.5, 0.6) is 0 Å². The van der Waals surface area contributed by atoms with Gasteiger partial charge in [0.15, 0.2) is 5.82 Å². The number of rotatable bonds is 6. The van der Waals surface area contributed by atoms with Gasteiger partial charge in [0, 0.05) is 44.1 Å². The summed E-state index contributed by atoms with van der Waals surface area (Å²) in [5, 5.41) is 13.9. The molecule has 5 rings (SSSR count). The summed E-state index contributed by atoms with van der Waals surface area (Å²) in [7, 11) is 0. The quantitative estimate of drug-likeness (QED) is 0.624. The molecule has 33 heavy (non-hydrogen) atoms. The zero-order valence-corrected chi connectivity index (χ0v) is 18.9. The Hall–Kier alpha value is -2.95. The van der Waals surface area contributed by atoms with Crippen molar-refractivity contribution in [2.45, 2.75) is 82.5 Å². The summed E-state index contributed by atoms with van der Waals surface area (Å²) in [5.41, 5.74) is 2.11. The van der Waals surface area contributed by atoms with Crippen LogP contribution in [-0.2, 0) is 6.54 Å². The van der Waals surface area contributed by atoms with Crippen molar-refractivity contribution in [1.82, 2.24) is 14.7 Å². The van der Waals surface area contributed by atoms with Gasteiger partial charge >= 0.3 is 0 Å². The molecule has 8 heteroatoms. The molecule has 0 N–H and O–H groups in total. The molecule has 3 aliphatic heterocycles. The fourth-order valence-corrected chi connectivity index (χ4v) is 5.73. The number of carbonyl (C=O) groups excluding carboxylic acids is 1. The SMILES string of the molecule is CCCCC1CN(Cc2ccc(C#N)cc2)C(=O)c2cc(N3[C@@H]4CC[C@H]3CC(F)(F)C4)nn21. The van der Waals surface area contributed by atoms with Gasteiger partial charge in [-0.3, -0.25) is 9.48 Å². The number of anilines is 1. The number of nitriles is 1. The lowest BCUT2D eigenvalue weighted by Crippen LogP contribution is -2.47. The van der Waals surface area contributed by atoms with Crippen molar-refractivity contribution in [2.75, 3.05) is 11.4 Å². The van der Waals surface area contributed by atoms with Crippen molar-refractivity contribution in [3.63, 3.8) is 0 Å². The Kier molecular flexibility index (Phi) is 5.59. The highest BCUT2D eigenvalue weighted by atomic mass is 19.3. The average Bonchev–Trinajstić information content (AvgIpc) is 3.35. The van der Waals surface area contributed by atoms with Gasteiger partial charge in [-0.1, -0.05) is 31.9 Å². The molecule has 1 aromatic carbocycles. The number of alkyl halides is 2. The van der Waals surface area contributed by atoms with Crippen molar-refractivity contribution in [3.8, 4) is 6.07 Å². The summed E-state index contributed by atoms with van der Waals surface area (Å²) in [6.45, 7) is 3.18. The van der Waals surface area contributed by atoms with Crippen molar-refractivity contribution in [1.29, 1.82) is 5.26 Å². The zero-order valence-electron chi connectivity index (χ0n) is 18.9. The van der Waals surface area contributed by atoms with Crippen LogP contribution in [-0.4, -0.2) is 45.1 Å². The third-order valence-corrected chi connectivity index (χ3v) is 7.31. The van der Waals surface area contributed by atoms with E-state index in [0.29, 0.717) is 30.2 Å². The number of hydrogen-bond acceptors (Lipinski definition) is 4. The second kappa shape index (κ2) is 8.44. The predicted molar refractivity (Wildman–Crippen MR) is 120 cm³/mol. The molecule has 174 valence electrons. The molecule has 1 amide bonds. The summed E-state index contributed by atoms with van der Waals surface area (Å²) >= 11 is 0. The highest BCUT2D eigenvalue weighted by Crippen LogP contribution is 2.46. The second-order valence-electron chi connectivity index (χ2n) is 9.68. The van der Waals surface area contributed by atoms with Crippen LogP contribution in [0.3, 0.4) is 0 Å². The van der Waals surface area contributed by atoms with Crippen LogP contribution in [0.25, 0.3) is 0 Å². The van der Waals surface area contributed by atoms with Crippen molar-refractivity contribution in [2.24, 2.45) is 0 Å². The number of hydrogen-bond donors (Lipinski definition) is 0. The Labute approximate surface area is 192 Å². The molecule has 3 aliphatic rings. The number of piperidine rings is 1. The van der Waals surface area contributed by atoms with E-state index >= 15 is 0 Å². The highest BCUT2D eigenvalue weighted by Gasteiger charge is 2.50. The number of unbranched alkanes of at least 4 members (excludes halogenated alkanes) is 1. The molecule has 2 fully saturated rings. The van der Waals surface area contributed by atoms with Crippen LogP contribution in [0.15, 0.2) is 30.3 Å². The van der Waals surface area contributed by atoms with Crippen LogP contribution in [0.4, 0.5) is 14.6 Å². The van der Waals surface area contributed by atoms with Crippen molar-refractivity contribution in [3.05, 3.63) is 47.2 Å². The van der Waals surface area contributed by atoms with Gasteiger partial charge in [0.1, 0.15) is 5.69 Å². The summed E-state index contributed by atoms with van der Waals surface area (Å²) in [5.74, 6) is -2.03. The maximum atomic E-state index is 14.1. The number of amides is 1. The van der Waals surface area contributed by atoms with E-state index in [2.05, 4.69) is 17.9 Å². The lowest BCUT2D eigenvalue weighted by molar-refractivity contribution is -0.0359. The number of benzene rings is 1. The summed E-state index contributed by atoms with van der Waals surface area (Å²) in [4.78, 5) is 17.3. The molecule has 0 saturated carbocycles. The third-order valence-electron chi connectivity index (χ3n) is 7.31. The average molecular weight is 454 g/mol. The fourth-order valence-electron chi connectivity index (χ4n) is 5.73. The van der Waals surface area contributed by atoms with Gasteiger partial charge in [-0.25, -0.2) is 8.78 Å². The maximum absolute atomic E-state index is 14.1. The van der Waals surface area contributed by atoms with E-state index in [-0.39, 0.29) is 36.9 Å². The molecule has 2 aromatic rings. The number of nitrogens with zero attached hydrogens (tertiary/aromatic N) is 5. The van der Waals surface area contributed by atoms with Gasteiger partial charge in [-0.2, -0.15) is 10.4 Å². The minimum Gasteiger partial charge on any atom is -0.349 e. The molecule has 3 atom stereocenters. The van der Waals surface area contributed by atoms with Crippen LogP contribution >= 0.6 is 0 Å². The largest absolute Gasteiger partial charge is 0.349 e. The molecule has 0 aliphatic carbocycles. The molecule has 1 unspecified atom stereocenters. The maximum Gasteiger partial charge on any atom is 0.272 e. The second-order valence-corrected chi connectivity index (χ2v) is 9.68. The standard InChI is InChI=1S/C25H29F2N5O/c1-2-3-4-21-16-30(15-18-7-5-17(14-28)6-8-18)24(33)22-11-23(29-32(21)22)31-19-9-10-20(31)13-25(26,27)12-19/h5-8,11,19-21H,2-4,9-10,12-13,15-16H2,1H3/t19-,20+,21?. The topological polar surface area (TPSA) is 65.2 Å². The van der Waals surface area contributed by atoms with Gasteiger partial charge in [-0.15, -0.1) is 0 Å². The minimum absolute atomic E-state index is 0.0636. The van der Waals surface area contributed by atoms with Gasteiger partial charge in [0.25, 0.3) is 11.8 Å². The zero-order chi connectivity index (χ0) is 23.2. The molecule has 6 nitrogen and oxygen atoms in total. The molecule has 4 heterocycles. The van der Waals surface area contributed by atoms with Gasteiger partial charge in [-0.05, 0) is 37.0 Å². The van der Waals surface area contributed by atoms with Gasteiger partial charge in [0.2, 0.25) is 0 Å². The van der Waals surface area contributed by atoms with Crippen molar-refractivity contribution < 1.29 is 13.6 Å². The smallest absolute Gasteiger partial charge is 0.272 e. The molecule has 2 bridgehead atoms. The van der Waals surface area contributed by atoms with Crippen LogP contribution in [0.1, 0.15) is 79.5 Å². The van der Waals surface area contributed by atoms with Crippen LogP contribution < -0.4 is 4.90 Å². The fraction of sp³-hybridized carbons (Fsp3) is 0.560. The van der Waals surface area contributed by atoms with Gasteiger partial charge < -0.3 is 9.80 Å². The van der Waals surface area contributed by atoms with E-state index in [0.717, 1.165) is 37.7 Å².